The van der Waals surface area contributed by atoms with Crippen molar-refractivity contribution < 1.29 is 17.9 Å². The van der Waals surface area contributed by atoms with E-state index in [4.69, 9.17) is 4.74 Å². The molecule has 1 N–H and O–H groups in total. The van der Waals surface area contributed by atoms with Gasteiger partial charge in [-0.05, 0) is 63.6 Å². The van der Waals surface area contributed by atoms with E-state index in [1.54, 1.807) is 31.2 Å². The molecule has 0 aliphatic rings. The molecule has 1 amide bonds. The maximum atomic E-state index is 12.7. The molecule has 0 aliphatic carbocycles. The number of hydrogen-bond acceptors (Lipinski definition) is 5. The molecule has 8 heteroatoms. The number of carbonyl (C=O) groups excluding carboxylic acids is 1. The van der Waals surface area contributed by atoms with Crippen LogP contribution >= 0.6 is 0 Å². The molecule has 0 radical (unpaired) electrons. The standard InChI is InChI=1S/C21H27N3O4S/c1-14-7-8-15(2)20(13-14)16(3)22-23-21(25)17(4)24(29(6,26)27)18-9-11-19(28-5)12-10-18/h7-13,17H,1-6H3,(H,23,25)/b22-16+. The fraction of sp³-hybridized carbons (Fsp3) is 0.333. The number of benzene rings is 2. The van der Waals surface area contributed by atoms with Crippen LogP contribution in [0.25, 0.3) is 0 Å². The molecular weight excluding hydrogens is 390 g/mol. The van der Waals surface area contributed by atoms with Crippen LogP contribution in [0.4, 0.5) is 5.69 Å². The summed E-state index contributed by atoms with van der Waals surface area (Å²) in [7, 11) is -2.18. The molecule has 156 valence electrons. The second-order valence-corrected chi connectivity index (χ2v) is 8.78. The van der Waals surface area contributed by atoms with Gasteiger partial charge in [-0.2, -0.15) is 5.10 Å². The number of rotatable bonds is 7. The molecule has 2 rings (SSSR count). The highest BCUT2D eigenvalue weighted by Crippen LogP contribution is 2.23. The SMILES string of the molecule is COc1ccc(N(C(C)C(=O)N/N=C(\C)c2cc(C)ccc2C)S(C)(=O)=O)cc1. The number of nitrogens with one attached hydrogen (secondary N) is 1. The van der Waals surface area contributed by atoms with Crippen molar-refractivity contribution in [2.24, 2.45) is 5.10 Å². The first-order chi connectivity index (χ1) is 13.5. The number of carbonyl (C=O) groups is 1. The van der Waals surface area contributed by atoms with Gasteiger partial charge in [0.05, 0.1) is 24.8 Å². The number of anilines is 1. The molecular formula is C21H27N3O4S. The molecule has 7 nitrogen and oxygen atoms in total. The third-order valence-electron chi connectivity index (χ3n) is 4.53. The van der Waals surface area contributed by atoms with E-state index in [1.807, 2.05) is 32.0 Å². The van der Waals surface area contributed by atoms with Crippen molar-refractivity contribution >= 4 is 27.3 Å². The van der Waals surface area contributed by atoms with Crippen molar-refractivity contribution in [3.8, 4) is 5.75 Å². The van der Waals surface area contributed by atoms with Crippen LogP contribution in [-0.4, -0.2) is 39.4 Å². The first kappa shape index (κ1) is 22.4. The predicted octanol–water partition coefficient (Wildman–Crippen LogP) is 3.01. The third-order valence-corrected chi connectivity index (χ3v) is 5.77. The van der Waals surface area contributed by atoms with Gasteiger partial charge in [0, 0.05) is 5.56 Å². The van der Waals surface area contributed by atoms with Crippen LogP contribution in [0.3, 0.4) is 0 Å². The minimum atomic E-state index is -3.70. The number of methoxy groups -OCH3 is 1. The topological polar surface area (TPSA) is 88.1 Å². The summed E-state index contributed by atoms with van der Waals surface area (Å²) in [6.45, 7) is 7.26. The zero-order chi connectivity index (χ0) is 21.8. The molecule has 1 atom stereocenters. The van der Waals surface area contributed by atoms with Gasteiger partial charge in [0.2, 0.25) is 10.0 Å². The summed E-state index contributed by atoms with van der Waals surface area (Å²) in [5.74, 6) is 0.0592. The number of ether oxygens (including phenoxy) is 1. The minimum absolute atomic E-state index is 0.367. The van der Waals surface area contributed by atoms with Gasteiger partial charge in [-0.3, -0.25) is 9.10 Å². The summed E-state index contributed by atoms with van der Waals surface area (Å²) in [6, 6.07) is 11.5. The monoisotopic (exact) mass is 417 g/mol. The Labute approximate surface area is 172 Å². The lowest BCUT2D eigenvalue weighted by Gasteiger charge is -2.27. The van der Waals surface area contributed by atoms with E-state index in [1.165, 1.54) is 14.0 Å². The number of amides is 1. The lowest BCUT2D eigenvalue weighted by Crippen LogP contribution is -2.46. The number of hydrazone groups is 1. The lowest BCUT2D eigenvalue weighted by molar-refractivity contribution is -0.121. The van der Waals surface area contributed by atoms with E-state index >= 15 is 0 Å². The normalized spacial score (nSPS) is 13.0. The highest BCUT2D eigenvalue weighted by atomic mass is 32.2. The number of aryl methyl sites for hydroxylation is 2. The summed E-state index contributed by atoms with van der Waals surface area (Å²) in [4.78, 5) is 12.7. The Morgan fingerprint density at radius 1 is 1.14 bits per heavy atom. The average Bonchev–Trinajstić information content (AvgIpc) is 2.67. The molecule has 29 heavy (non-hydrogen) atoms. The van der Waals surface area contributed by atoms with Gasteiger partial charge in [0.25, 0.3) is 5.91 Å². The second-order valence-electron chi connectivity index (χ2n) is 6.92. The van der Waals surface area contributed by atoms with Gasteiger partial charge in [0.15, 0.2) is 0 Å². The van der Waals surface area contributed by atoms with Crippen LogP contribution < -0.4 is 14.5 Å². The first-order valence-electron chi connectivity index (χ1n) is 9.10. The van der Waals surface area contributed by atoms with Crippen molar-refractivity contribution in [1.82, 2.24) is 5.43 Å². The molecule has 0 aliphatic heterocycles. The van der Waals surface area contributed by atoms with E-state index in [0.717, 1.165) is 27.3 Å². The largest absolute Gasteiger partial charge is 0.497 e. The molecule has 2 aromatic carbocycles. The van der Waals surface area contributed by atoms with Crippen molar-refractivity contribution in [3.05, 3.63) is 59.2 Å². The molecule has 0 heterocycles. The number of nitrogens with zero attached hydrogens (tertiary/aromatic N) is 2. The van der Waals surface area contributed by atoms with Gasteiger partial charge in [0.1, 0.15) is 11.8 Å². The highest BCUT2D eigenvalue weighted by molar-refractivity contribution is 7.92. The summed E-state index contributed by atoms with van der Waals surface area (Å²) in [5.41, 5.74) is 6.55. The summed E-state index contributed by atoms with van der Waals surface area (Å²) in [6.07, 6.45) is 1.06. The summed E-state index contributed by atoms with van der Waals surface area (Å²) in [5, 5.41) is 4.18. The van der Waals surface area contributed by atoms with Crippen LogP contribution in [0, 0.1) is 13.8 Å². The van der Waals surface area contributed by atoms with Gasteiger partial charge in [-0.15, -0.1) is 0 Å². The van der Waals surface area contributed by atoms with E-state index in [2.05, 4.69) is 10.5 Å². The third kappa shape index (κ3) is 5.57. The average molecular weight is 418 g/mol. The quantitative estimate of drug-likeness (QED) is 0.554. The second kappa shape index (κ2) is 9.09. The van der Waals surface area contributed by atoms with Crippen LogP contribution in [0.1, 0.15) is 30.5 Å². The molecule has 2 aromatic rings. The van der Waals surface area contributed by atoms with E-state index < -0.39 is 22.0 Å². The van der Waals surface area contributed by atoms with Crippen molar-refractivity contribution in [3.63, 3.8) is 0 Å². The molecule has 0 saturated carbocycles. The van der Waals surface area contributed by atoms with E-state index in [0.29, 0.717) is 17.1 Å². The molecule has 0 saturated heterocycles. The number of hydrogen-bond donors (Lipinski definition) is 1. The Morgan fingerprint density at radius 3 is 2.31 bits per heavy atom. The van der Waals surface area contributed by atoms with Crippen molar-refractivity contribution in [2.75, 3.05) is 17.7 Å². The van der Waals surface area contributed by atoms with Crippen LogP contribution in [0.15, 0.2) is 47.6 Å². The van der Waals surface area contributed by atoms with E-state index in [-0.39, 0.29) is 0 Å². The Kier molecular flexibility index (Phi) is 7.02. The predicted molar refractivity (Wildman–Crippen MR) is 116 cm³/mol. The minimum Gasteiger partial charge on any atom is -0.497 e. The van der Waals surface area contributed by atoms with Crippen molar-refractivity contribution in [1.29, 1.82) is 0 Å². The zero-order valence-corrected chi connectivity index (χ0v) is 18.4. The summed E-state index contributed by atoms with van der Waals surface area (Å²) >= 11 is 0. The maximum absolute atomic E-state index is 12.7. The van der Waals surface area contributed by atoms with Crippen LogP contribution in [-0.2, 0) is 14.8 Å². The zero-order valence-electron chi connectivity index (χ0n) is 17.6. The van der Waals surface area contributed by atoms with Crippen LogP contribution in [0.2, 0.25) is 0 Å². The van der Waals surface area contributed by atoms with E-state index in [9.17, 15) is 13.2 Å². The summed E-state index contributed by atoms with van der Waals surface area (Å²) < 4.78 is 30.9. The molecule has 0 spiro atoms. The molecule has 0 fully saturated rings. The van der Waals surface area contributed by atoms with Gasteiger partial charge < -0.3 is 4.74 Å². The highest BCUT2D eigenvalue weighted by Gasteiger charge is 2.29. The fourth-order valence-corrected chi connectivity index (χ4v) is 4.13. The van der Waals surface area contributed by atoms with Gasteiger partial charge in [-0.25, -0.2) is 13.8 Å². The Bertz CT molecular complexity index is 1010. The fourth-order valence-electron chi connectivity index (χ4n) is 2.96. The molecule has 0 aromatic heterocycles. The van der Waals surface area contributed by atoms with Gasteiger partial charge in [-0.1, -0.05) is 17.7 Å². The molecule has 0 bridgehead atoms. The van der Waals surface area contributed by atoms with Gasteiger partial charge >= 0.3 is 0 Å². The number of sulfonamides is 1. The Hall–Kier alpha value is -2.87. The maximum Gasteiger partial charge on any atom is 0.263 e. The first-order valence-corrected chi connectivity index (χ1v) is 10.9. The molecule has 1 unspecified atom stereocenters. The Morgan fingerprint density at radius 2 is 1.76 bits per heavy atom. The Balaban J connectivity index is 2.25. The smallest absolute Gasteiger partial charge is 0.263 e. The van der Waals surface area contributed by atoms with Crippen LogP contribution in [0.5, 0.6) is 5.75 Å². The lowest BCUT2D eigenvalue weighted by atomic mass is 10.0. The van der Waals surface area contributed by atoms with Crippen molar-refractivity contribution in [2.45, 2.75) is 33.7 Å².